The number of carbonyl (C=O) groups excluding carboxylic acids is 1. The second kappa shape index (κ2) is 7.59. The molecule has 0 radical (unpaired) electrons. The summed E-state index contributed by atoms with van der Waals surface area (Å²) in [7, 11) is 3.89. The molecule has 0 fully saturated rings. The van der Waals surface area contributed by atoms with Crippen LogP contribution in [0, 0.1) is 0 Å². The lowest BCUT2D eigenvalue weighted by atomic mass is 10.1. The molecule has 0 saturated heterocycles. The molecule has 1 aliphatic heterocycles. The zero-order valence-corrected chi connectivity index (χ0v) is 15.9. The Bertz CT molecular complexity index is 868. The normalized spacial score (nSPS) is 14.8. The number of ether oxygens (including phenoxy) is 1. The number of aryl methyl sites for hydroxylation is 1. The highest BCUT2D eigenvalue weighted by Gasteiger charge is 2.24. The molecule has 0 unspecified atom stereocenters. The van der Waals surface area contributed by atoms with Gasteiger partial charge in [-0.3, -0.25) is 9.59 Å². The van der Waals surface area contributed by atoms with Crippen molar-refractivity contribution in [3.63, 3.8) is 0 Å². The molecule has 8 heteroatoms. The summed E-state index contributed by atoms with van der Waals surface area (Å²) >= 11 is 0. The number of carbonyl (C=O) groups is 1. The molecule has 8 nitrogen and oxygen atoms in total. The van der Waals surface area contributed by atoms with Gasteiger partial charge in [-0.25, -0.2) is 0 Å². The zero-order valence-electron chi connectivity index (χ0n) is 15.9. The largest absolute Gasteiger partial charge is 0.379 e. The number of hydrogen-bond acceptors (Lipinski definition) is 5. The highest BCUT2D eigenvalue weighted by atomic mass is 16.5. The average molecular weight is 361 g/mol. The summed E-state index contributed by atoms with van der Waals surface area (Å²) < 4.78 is 8.75. The predicted molar refractivity (Wildman–Crippen MR) is 98.5 cm³/mol. The van der Waals surface area contributed by atoms with E-state index in [2.05, 4.69) is 15.3 Å². The minimum Gasteiger partial charge on any atom is -0.379 e. The van der Waals surface area contributed by atoms with Crippen LogP contribution in [0.25, 0.3) is 5.65 Å². The zero-order chi connectivity index (χ0) is 18.8. The van der Waals surface area contributed by atoms with Crippen LogP contribution >= 0.6 is 0 Å². The first-order valence-electron chi connectivity index (χ1n) is 9.07. The van der Waals surface area contributed by atoms with Crippen molar-refractivity contribution in [3.8, 4) is 0 Å². The lowest BCUT2D eigenvalue weighted by Gasteiger charge is -2.26. The van der Waals surface area contributed by atoms with Gasteiger partial charge in [0, 0.05) is 45.4 Å². The molecule has 3 rings (SSSR count). The van der Waals surface area contributed by atoms with E-state index in [0.29, 0.717) is 30.9 Å². The number of nitrogens with one attached hydrogen (secondary N) is 1. The molecule has 2 aromatic heterocycles. The monoisotopic (exact) mass is 361 g/mol. The van der Waals surface area contributed by atoms with E-state index in [9.17, 15) is 9.59 Å². The van der Waals surface area contributed by atoms with Crippen LogP contribution in [0.2, 0.25) is 0 Å². The minimum atomic E-state index is -0.215. The number of fused-ring (bicyclic) bond motifs is 2. The molecule has 0 bridgehead atoms. The van der Waals surface area contributed by atoms with Crippen molar-refractivity contribution in [2.45, 2.75) is 39.3 Å². The van der Waals surface area contributed by atoms with Gasteiger partial charge in [-0.05, 0) is 27.3 Å². The van der Waals surface area contributed by atoms with Crippen LogP contribution in [-0.4, -0.2) is 57.8 Å². The van der Waals surface area contributed by atoms with Gasteiger partial charge >= 0.3 is 0 Å². The average Bonchev–Trinajstić information content (AvgIpc) is 3.04. The molecular formula is C18H27N5O3. The first-order chi connectivity index (χ1) is 12.4. The van der Waals surface area contributed by atoms with Gasteiger partial charge in [-0.15, -0.1) is 0 Å². The summed E-state index contributed by atoms with van der Waals surface area (Å²) in [5, 5.41) is 7.07. The molecule has 0 saturated carbocycles. The molecule has 1 amide bonds. The topological polar surface area (TPSA) is 80.9 Å². The van der Waals surface area contributed by atoms with Gasteiger partial charge in [-0.1, -0.05) is 0 Å². The van der Waals surface area contributed by atoms with Gasteiger partial charge in [0.25, 0.3) is 11.5 Å². The second-order valence-corrected chi connectivity index (χ2v) is 7.10. The Labute approximate surface area is 152 Å². The van der Waals surface area contributed by atoms with Crippen molar-refractivity contribution < 1.29 is 9.53 Å². The molecule has 0 aliphatic carbocycles. The second-order valence-electron chi connectivity index (χ2n) is 7.10. The summed E-state index contributed by atoms with van der Waals surface area (Å²) in [5.74, 6) is -0.215. The number of nitrogens with zero attached hydrogens (tertiary/aromatic N) is 4. The van der Waals surface area contributed by atoms with Crippen LogP contribution in [0.3, 0.4) is 0 Å². The van der Waals surface area contributed by atoms with Crippen molar-refractivity contribution in [3.05, 3.63) is 33.4 Å². The molecule has 26 heavy (non-hydrogen) atoms. The lowest BCUT2D eigenvalue weighted by molar-refractivity contribution is 0.0757. The molecule has 0 aromatic carbocycles. The van der Waals surface area contributed by atoms with E-state index < -0.39 is 0 Å². The van der Waals surface area contributed by atoms with Crippen LogP contribution in [0.4, 0.5) is 0 Å². The van der Waals surface area contributed by atoms with Crippen molar-refractivity contribution in [1.29, 1.82) is 0 Å². The van der Waals surface area contributed by atoms with Crippen LogP contribution < -0.4 is 10.9 Å². The van der Waals surface area contributed by atoms with Crippen molar-refractivity contribution in [1.82, 2.24) is 24.4 Å². The summed E-state index contributed by atoms with van der Waals surface area (Å²) in [6, 6.07) is 0. The van der Waals surface area contributed by atoms with E-state index in [4.69, 9.17) is 4.74 Å². The van der Waals surface area contributed by atoms with Gasteiger partial charge in [0.2, 0.25) is 0 Å². The molecule has 3 heterocycles. The van der Waals surface area contributed by atoms with Gasteiger partial charge in [0.1, 0.15) is 5.56 Å². The van der Waals surface area contributed by atoms with Gasteiger partial charge < -0.3 is 19.5 Å². The van der Waals surface area contributed by atoms with Crippen molar-refractivity contribution in [2.24, 2.45) is 7.05 Å². The fraction of sp³-hybridized carbons (Fsp3) is 0.611. The summed E-state index contributed by atoms with van der Waals surface area (Å²) in [5.41, 5.74) is 2.59. The maximum atomic E-state index is 12.8. The van der Waals surface area contributed by atoms with E-state index in [1.165, 1.54) is 10.7 Å². The quantitative estimate of drug-likeness (QED) is 0.761. The SMILES string of the molecule is CC(C)OCCCNC(=O)c1cnn2c(=O)c3c(n(C)c12)CCN(C)C3. The molecule has 1 aliphatic rings. The maximum Gasteiger partial charge on any atom is 0.279 e. The third-order valence-corrected chi connectivity index (χ3v) is 4.73. The maximum absolute atomic E-state index is 12.8. The van der Waals surface area contributed by atoms with E-state index in [1.807, 2.05) is 32.5 Å². The Morgan fingerprint density at radius 3 is 2.88 bits per heavy atom. The molecule has 0 atom stereocenters. The predicted octanol–water partition coefficient (Wildman–Crippen LogP) is 0.566. The first-order valence-corrected chi connectivity index (χ1v) is 9.07. The highest BCUT2D eigenvalue weighted by molar-refractivity contribution is 5.99. The van der Waals surface area contributed by atoms with Gasteiger partial charge in [0.05, 0.1) is 17.9 Å². The van der Waals surface area contributed by atoms with Crippen LogP contribution in [0.15, 0.2) is 11.0 Å². The number of aromatic nitrogens is 3. The summed E-state index contributed by atoms with van der Waals surface area (Å²) in [6.07, 6.45) is 3.19. The Kier molecular flexibility index (Phi) is 5.43. The standard InChI is InChI=1S/C18H27N5O3/c1-12(2)26-9-5-7-19-16(24)13-10-20-23-17(13)22(4)15-6-8-21(3)11-14(15)18(23)25/h10,12H,5-9,11H2,1-4H3,(H,19,24). The molecular weight excluding hydrogens is 334 g/mol. The van der Waals surface area contributed by atoms with Gasteiger partial charge in [0.15, 0.2) is 5.65 Å². The third kappa shape index (κ3) is 3.52. The first kappa shape index (κ1) is 18.6. The molecule has 1 N–H and O–H groups in total. The Morgan fingerprint density at radius 2 is 2.15 bits per heavy atom. The van der Waals surface area contributed by atoms with Crippen LogP contribution in [-0.2, 0) is 24.8 Å². The number of hydrogen-bond donors (Lipinski definition) is 1. The smallest absolute Gasteiger partial charge is 0.279 e. The highest BCUT2D eigenvalue weighted by Crippen LogP contribution is 2.18. The van der Waals surface area contributed by atoms with Crippen molar-refractivity contribution >= 4 is 11.6 Å². The summed E-state index contributed by atoms with van der Waals surface area (Å²) in [6.45, 7) is 6.59. The van der Waals surface area contributed by atoms with E-state index in [0.717, 1.165) is 30.6 Å². The van der Waals surface area contributed by atoms with E-state index >= 15 is 0 Å². The third-order valence-electron chi connectivity index (χ3n) is 4.73. The number of rotatable bonds is 6. The summed E-state index contributed by atoms with van der Waals surface area (Å²) in [4.78, 5) is 27.5. The number of amides is 1. The fourth-order valence-corrected chi connectivity index (χ4v) is 3.37. The van der Waals surface area contributed by atoms with Crippen molar-refractivity contribution in [2.75, 3.05) is 26.7 Å². The minimum absolute atomic E-state index is 0.135. The Morgan fingerprint density at radius 1 is 1.38 bits per heavy atom. The van der Waals surface area contributed by atoms with E-state index in [1.54, 1.807) is 0 Å². The molecule has 142 valence electrons. The Hall–Kier alpha value is -2.19. The fourth-order valence-electron chi connectivity index (χ4n) is 3.37. The Balaban J connectivity index is 1.83. The number of likely N-dealkylation sites (N-methyl/N-ethyl adjacent to an activating group) is 1. The van der Waals surface area contributed by atoms with Crippen LogP contribution in [0.5, 0.6) is 0 Å². The molecule has 0 spiro atoms. The van der Waals surface area contributed by atoms with Crippen LogP contribution in [0.1, 0.15) is 41.9 Å². The molecule has 2 aromatic rings. The van der Waals surface area contributed by atoms with E-state index in [-0.39, 0.29) is 17.6 Å². The lowest BCUT2D eigenvalue weighted by Crippen LogP contribution is -2.36. The van der Waals surface area contributed by atoms with Gasteiger partial charge in [-0.2, -0.15) is 9.61 Å².